The Morgan fingerprint density at radius 1 is 1.21 bits per heavy atom. The summed E-state index contributed by atoms with van der Waals surface area (Å²) in [5.74, 6) is 0.720. The van der Waals surface area contributed by atoms with Crippen molar-refractivity contribution in [3.63, 3.8) is 0 Å². The lowest BCUT2D eigenvalue weighted by Gasteiger charge is -2.25. The van der Waals surface area contributed by atoms with Gasteiger partial charge in [-0.05, 0) is 50.8 Å². The van der Waals surface area contributed by atoms with Crippen LogP contribution in [0.15, 0.2) is 23.0 Å². The van der Waals surface area contributed by atoms with Crippen LogP contribution in [0.25, 0.3) is 10.9 Å². The van der Waals surface area contributed by atoms with Crippen LogP contribution in [0.1, 0.15) is 53.8 Å². The van der Waals surface area contributed by atoms with Gasteiger partial charge in [-0.2, -0.15) is 0 Å². The van der Waals surface area contributed by atoms with Gasteiger partial charge in [0.25, 0.3) is 5.56 Å². The highest BCUT2D eigenvalue weighted by Gasteiger charge is 2.21. The molecule has 160 valence electrons. The highest BCUT2D eigenvalue weighted by Crippen LogP contribution is 2.20. The van der Waals surface area contributed by atoms with Crippen molar-refractivity contribution in [2.75, 3.05) is 13.6 Å². The third kappa shape index (κ3) is 6.74. The van der Waals surface area contributed by atoms with Crippen LogP contribution >= 0.6 is 11.6 Å². The highest BCUT2D eigenvalue weighted by molar-refractivity contribution is 6.31. The molecule has 0 fully saturated rings. The largest absolute Gasteiger partial charge is 0.444 e. The number of amides is 1. The van der Waals surface area contributed by atoms with E-state index in [1.807, 2.05) is 20.8 Å². The average Bonchev–Trinajstić information content (AvgIpc) is 2.56. The zero-order chi connectivity index (χ0) is 22.0. The number of ether oxygens (including phenoxy) is 1. The van der Waals surface area contributed by atoms with Crippen LogP contribution in [0.5, 0.6) is 0 Å². The van der Waals surface area contributed by atoms with Crippen LogP contribution < -0.4 is 5.56 Å². The van der Waals surface area contributed by atoms with Crippen molar-refractivity contribution >= 4 is 28.6 Å². The van der Waals surface area contributed by atoms with E-state index in [1.54, 1.807) is 34.7 Å². The number of aryl methyl sites for hydroxylation is 1. The van der Waals surface area contributed by atoms with Crippen LogP contribution in [0.3, 0.4) is 0 Å². The number of hydrogen-bond acceptors (Lipinski definition) is 4. The lowest BCUT2D eigenvalue weighted by atomic mass is 9.96. The van der Waals surface area contributed by atoms with Crippen molar-refractivity contribution in [2.45, 2.75) is 66.5 Å². The Morgan fingerprint density at radius 2 is 1.86 bits per heavy atom. The number of carbonyl (C=O) groups is 1. The van der Waals surface area contributed by atoms with E-state index in [4.69, 9.17) is 21.3 Å². The molecule has 0 radical (unpaired) electrons. The normalized spacial score (nSPS) is 12.3. The van der Waals surface area contributed by atoms with Gasteiger partial charge >= 0.3 is 6.09 Å². The molecule has 0 aliphatic carbocycles. The van der Waals surface area contributed by atoms with Gasteiger partial charge in [0.1, 0.15) is 11.4 Å². The molecule has 7 heteroatoms. The molecule has 1 heterocycles. The van der Waals surface area contributed by atoms with Crippen molar-refractivity contribution in [1.29, 1.82) is 0 Å². The van der Waals surface area contributed by atoms with Gasteiger partial charge < -0.3 is 9.64 Å². The number of hydrogen-bond donors (Lipinski definition) is 0. The first-order valence-corrected chi connectivity index (χ1v) is 10.3. The minimum atomic E-state index is -0.528. The van der Waals surface area contributed by atoms with Crippen LogP contribution in [0, 0.1) is 5.41 Å². The summed E-state index contributed by atoms with van der Waals surface area (Å²) in [5.41, 5.74) is -0.0533. The molecule has 0 atom stereocenters. The monoisotopic (exact) mass is 421 g/mol. The molecule has 2 rings (SSSR count). The number of halogens is 1. The molecule has 0 saturated heterocycles. The Kier molecular flexibility index (Phi) is 6.99. The molecule has 0 bridgehead atoms. The highest BCUT2D eigenvalue weighted by atomic mass is 35.5. The van der Waals surface area contributed by atoms with Crippen molar-refractivity contribution in [3.8, 4) is 0 Å². The van der Waals surface area contributed by atoms with Crippen molar-refractivity contribution in [3.05, 3.63) is 39.4 Å². The first-order valence-electron chi connectivity index (χ1n) is 9.90. The fourth-order valence-electron chi connectivity index (χ4n) is 2.97. The zero-order valence-corrected chi connectivity index (χ0v) is 19.3. The maximum atomic E-state index is 13.1. The summed E-state index contributed by atoms with van der Waals surface area (Å²) in [5, 5.41) is 1.04. The van der Waals surface area contributed by atoms with Crippen molar-refractivity contribution < 1.29 is 9.53 Å². The topological polar surface area (TPSA) is 64.4 Å². The molecular formula is C22H32ClN3O3. The van der Waals surface area contributed by atoms with Gasteiger partial charge in [0.15, 0.2) is 0 Å². The Bertz CT molecular complexity index is 939. The number of aromatic nitrogens is 2. The number of rotatable bonds is 5. The average molecular weight is 422 g/mol. The molecule has 29 heavy (non-hydrogen) atoms. The number of benzene rings is 1. The molecule has 6 nitrogen and oxygen atoms in total. The summed E-state index contributed by atoms with van der Waals surface area (Å²) in [6.45, 7) is 12.8. The molecular weight excluding hydrogens is 390 g/mol. The fraction of sp³-hybridized carbons (Fsp3) is 0.591. The second-order valence-electron chi connectivity index (χ2n) is 9.65. The van der Waals surface area contributed by atoms with Crippen molar-refractivity contribution in [2.24, 2.45) is 5.41 Å². The maximum Gasteiger partial charge on any atom is 0.410 e. The minimum Gasteiger partial charge on any atom is -0.444 e. The first kappa shape index (κ1) is 23.2. The molecule has 0 N–H and O–H groups in total. The maximum absolute atomic E-state index is 13.1. The standard InChI is InChI=1S/C22H32ClN3O3/c1-21(2,3)14-26-18(9-8-12-25(7)20(28)29-22(4,5)6)24-17-11-10-15(23)13-16(17)19(26)27/h10-11,13H,8-9,12,14H2,1-7H3. The predicted molar refractivity (Wildman–Crippen MR) is 118 cm³/mol. The molecule has 0 aliphatic heterocycles. The molecule has 0 spiro atoms. The van der Waals surface area contributed by atoms with E-state index in [0.29, 0.717) is 41.9 Å². The third-order valence-electron chi connectivity index (χ3n) is 4.23. The summed E-state index contributed by atoms with van der Waals surface area (Å²) in [6.07, 6.45) is 0.897. The summed E-state index contributed by atoms with van der Waals surface area (Å²) >= 11 is 6.08. The summed E-state index contributed by atoms with van der Waals surface area (Å²) < 4.78 is 7.13. The van der Waals surface area contributed by atoms with E-state index in [2.05, 4.69) is 20.8 Å². The van der Waals surface area contributed by atoms with Gasteiger partial charge in [-0.15, -0.1) is 0 Å². The Balaban J connectivity index is 2.25. The van der Waals surface area contributed by atoms with Crippen LogP contribution in [0.2, 0.25) is 5.02 Å². The number of fused-ring (bicyclic) bond motifs is 1. The smallest absolute Gasteiger partial charge is 0.410 e. The van der Waals surface area contributed by atoms with E-state index in [0.717, 1.165) is 5.82 Å². The second kappa shape index (κ2) is 8.74. The summed E-state index contributed by atoms with van der Waals surface area (Å²) in [6, 6.07) is 5.19. The number of nitrogens with zero attached hydrogens (tertiary/aromatic N) is 3. The van der Waals surface area contributed by atoms with Gasteiger partial charge in [0, 0.05) is 31.6 Å². The van der Waals surface area contributed by atoms with Gasteiger partial charge in [-0.1, -0.05) is 32.4 Å². The minimum absolute atomic E-state index is 0.0806. The fourth-order valence-corrected chi connectivity index (χ4v) is 3.14. The summed E-state index contributed by atoms with van der Waals surface area (Å²) in [7, 11) is 1.71. The molecule has 1 aromatic heterocycles. The SMILES string of the molecule is CN(CCCc1nc2ccc(Cl)cc2c(=O)n1CC(C)(C)C)C(=O)OC(C)(C)C. The van der Waals surface area contributed by atoms with E-state index < -0.39 is 5.60 Å². The van der Waals surface area contributed by atoms with Gasteiger partial charge in [-0.25, -0.2) is 9.78 Å². The molecule has 1 amide bonds. The molecule has 0 aliphatic rings. The van der Waals surface area contributed by atoms with Crippen LogP contribution in [-0.2, 0) is 17.7 Å². The van der Waals surface area contributed by atoms with E-state index in [1.165, 1.54) is 0 Å². The number of carbonyl (C=O) groups excluding carboxylic acids is 1. The molecule has 2 aromatic rings. The van der Waals surface area contributed by atoms with E-state index in [9.17, 15) is 9.59 Å². The molecule has 0 unspecified atom stereocenters. The summed E-state index contributed by atoms with van der Waals surface area (Å²) in [4.78, 5) is 31.5. The second-order valence-corrected chi connectivity index (χ2v) is 10.1. The lowest BCUT2D eigenvalue weighted by molar-refractivity contribution is 0.0297. The quantitative estimate of drug-likeness (QED) is 0.689. The van der Waals surface area contributed by atoms with Crippen LogP contribution in [-0.4, -0.2) is 39.7 Å². The Hall–Kier alpha value is -2.08. The zero-order valence-electron chi connectivity index (χ0n) is 18.5. The van der Waals surface area contributed by atoms with E-state index in [-0.39, 0.29) is 17.1 Å². The van der Waals surface area contributed by atoms with Crippen molar-refractivity contribution in [1.82, 2.24) is 14.5 Å². The first-order chi connectivity index (χ1) is 13.3. The van der Waals surface area contributed by atoms with Gasteiger partial charge in [0.2, 0.25) is 0 Å². The van der Waals surface area contributed by atoms with Crippen LogP contribution in [0.4, 0.5) is 4.79 Å². The molecule has 0 saturated carbocycles. The lowest BCUT2D eigenvalue weighted by Crippen LogP contribution is -2.35. The Morgan fingerprint density at radius 3 is 2.45 bits per heavy atom. The van der Waals surface area contributed by atoms with Gasteiger partial charge in [0.05, 0.1) is 10.9 Å². The third-order valence-corrected chi connectivity index (χ3v) is 4.46. The van der Waals surface area contributed by atoms with E-state index >= 15 is 0 Å². The molecule has 1 aromatic carbocycles. The predicted octanol–water partition coefficient (Wildman–Crippen LogP) is 4.90. The van der Waals surface area contributed by atoms with Gasteiger partial charge in [-0.3, -0.25) is 9.36 Å². The Labute approximate surface area is 177 Å².